The van der Waals surface area contributed by atoms with Crippen LogP contribution < -0.4 is 5.32 Å². The largest absolute Gasteiger partial charge is 0.507 e. The van der Waals surface area contributed by atoms with Crippen molar-refractivity contribution in [1.82, 2.24) is 5.32 Å². The second-order valence-corrected chi connectivity index (χ2v) is 5.54. The van der Waals surface area contributed by atoms with E-state index < -0.39 is 0 Å². The van der Waals surface area contributed by atoms with Crippen molar-refractivity contribution in [2.45, 2.75) is 18.8 Å². The number of hydrogen-bond donors (Lipinski definition) is 2. The maximum atomic E-state index is 11.0. The zero-order chi connectivity index (χ0) is 13.2. The Morgan fingerprint density at radius 3 is 2.95 bits per heavy atom. The Morgan fingerprint density at radius 1 is 1.42 bits per heavy atom. The van der Waals surface area contributed by atoms with Crippen LogP contribution in [0.25, 0.3) is 0 Å². The van der Waals surface area contributed by atoms with Crippen molar-refractivity contribution < 1.29 is 9.90 Å². The summed E-state index contributed by atoms with van der Waals surface area (Å²) >= 11 is 1.32. The van der Waals surface area contributed by atoms with Crippen LogP contribution >= 0.6 is 11.8 Å². The van der Waals surface area contributed by atoms with Crippen molar-refractivity contribution in [3.63, 3.8) is 0 Å². The molecule has 1 saturated carbocycles. The van der Waals surface area contributed by atoms with Gasteiger partial charge in [-0.25, -0.2) is 0 Å². The summed E-state index contributed by atoms with van der Waals surface area (Å²) in [6.07, 6.45) is 3.94. The number of phenolic OH excluding ortho intramolecular Hbond substituents is 1. The molecule has 1 aromatic carbocycles. The van der Waals surface area contributed by atoms with Crippen LogP contribution in [-0.2, 0) is 4.79 Å². The molecule has 2 aliphatic rings. The van der Waals surface area contributed by atoms with Gasteiger partial charge in [-0.1, -0.05) is 17.8 Å². The van der Waals surface area contributed by atoms with Crippen LogP contribution in [0.4, 0.5) is 0 Å². The molecule has 2 N–H and O–H groups in total. The number of benzene rings is 1. The van der Waals surface area contributed by atoms with Crippen molar-refractivity contribution in [3.05, 3.63) is 29.3 Å². The second-order valence-electron chi connectivity index (χ2n) is 4.58. The highest BCUT2D eigenvalue weighted by Gasteiger charge is 2.23. The van der Waals surface area contributed by atoms with E-state index in [1.807, 2.05) is 12.1 Å². The van der Waals surface area contributed by atoms with Gasteiger partial charge in [0.2, 0.25) is 5.91 Å². The predicted octanol–water partition coefficient (Wildman–Crippen LogP) is 1.82. The van der Waals surface area contributed by atoms with Gasteiger partial charge < -0.3 is 10.4 Å². The summed E-state index contributed by atoms with van der Waals surface area (Å²) < 4.78 is 0. The number of amidine groups is 1. The van der Waals surface area contributed by atoms with Crippen molar-refractivity contribution in [2.75, 3.05) is 5.75 Å². The average molecular weight is 275 g/mol. The molecule has 19 heavy (non-hydrogen) atoms. The normalized spacial score (nSPS) is 21.3. The number of rotatable bonds is 3. The Morgan fingerprint density at radius 2 is 2.26 bits per heavy atom. The minimum absolute atomic E-state index is 0.0578. The molecule has 0 radical (unpaired) electrons. The van der Waals surface area contributed by atoms with E-state index in [4.69, 9.17) is 0 Å². The lowest BCUT2D eigenvalue weighted by Crippen LogP contribution is -2.19. The van der Waals surface area contributed by atoms with Crippen LogP contribution in [0, 0.1) is 0 Å². The molecule has 1 amide bonds. The van der Waals surface area contributed by atoms with E-state index in [0.29, 0.717) is 22.4 Å². The van der Waals surface area contributed by atoms with Crippen molar-refractivity contribution in [3.8, 4) is 5.75 Å². The van der Waals surface area contributed by atoms with E-state index in [1.165, 1.54) is 36.4 Å². The lowest BCUT2D eigenvalue weighted by molar-refractivity contribution is -0.116. The molecule has 0 atom stereocenters. The lowest BCUT2D eigenvalue weighted by atomic mass is 10.1. The molecule has 0 unspecified atom stereocenters. The molecule has 0 spiro atoms. The van der Waals surface area contributed by atoms with Gasteiger partial charge in [0.1, 0.15) is 5.75 Å². The van der Waals surface area contributed by atoms with Gasteiger partial charge in [0, 0.05) is 5.56 Å². The fourth-order valence-corrected chi connectivity index (χ4v) is 2.50. The fraction of sp³-hybridized carbons (Fsp3) is 0.308. The topological polar surface area (TPSA) is 74.0 Å². The number of carbonyl (C=O) groups excluding carboxylic acids is 1. The molecule has 1 saturated heterocycles. The molecular formula is C13H13N3O2S. The second kappa shape index (κ2) is 5.05. The highest BCUT2D eigenvalue weighted by molar-refractivity contribution is 8.15. The van der Waals surface area contributed by atoms with Gasteiger partial charge in [-0.3, -0.25) is 4.79 Å². The monoisotopic (exact) mass is 275 g/mol. The summed E-state index contributed by atoms with van der Waals surface area (Å²) in [5.74, 6) is 1.15. The first-order valence-corrected chi connectivity index (χ1v) is 7.07. The first-order chi connectivity index (χ1) is 9.22. The molecular weight excluding hydrogens is 262 g/mol. The Kier molecular flexibility index (Phi) is 3.25. The highest BCUT2D eigenvalue weighted by Crippen LogP contribution is 2.40. The quantitative estimate of drug-likeness (QED) is 0.652. The van der Waals surface area contributed by atoms with Crippen molar-refractivity contribution in [2.24, 2.45) is 10.2 Å². The molecule has 6 heteroatoms. The number of carbonyl (C=O) groups is 1. The summed E-state index contributed by atoms with van der Waals surface area (Å²) in [6.45, 7) is 0. The molecule has 98 valence electrons. The van der Waals surface area contributed by atoms with E-state index in [9.17, 15) is 9.90 Å². The number of phenols is 1. The SMILES string of the molecule is O=C1CSC(=NN=Cc2cc(C3CC3)ccc2O)N1. The van der Waals surface area contributed by atoms with Crippen LogP contribution in [0.15, 0.2) is 28.4 Å². The van der Waals surface area contributed by atoms with Crippen LogP contribution in [-0.4, -0.2) is 28.1 Å². The Labute approximate surface area is 114 Å². The van der Waals surface area contributed by atoms with E-state index in [0.717, 1.165) is 0 Å². The predicted molar refractivity (Wildman–Crippen MR) is 75.7 cm³/mol. The van der Waals surface area contributed by atoms with E-state index >= 15 is 0 Å². The summed E-state index contributed by atoms with van der Waals surface area (Å²) in [7, 11) is 0. The standard InChI is InChI=1S/C13H13N3O2S/c17-11-4-3-9(8-1-2-8)5-10(11)6-14-16-13-15-12(18)7-19-13/h3-6,8,17H,1-2,7H2,(H,15,16,18). The number of hydrogen-bond acceptors (Lipinski definition) is 5. The Bertz CT molecular complexity index is 579. The molecule has 2 fully saturated rings. The minimum atomic E-state index is -0.0578. The summed E-state index contributed by atoms with van der Waals surface area (Å²) in [4.78, 5) is 11.0. The first-order valence-electron chi connectivity index (χ1n) is 6.09. The molecule has 0 aromatic heterocycles. The summed E-state index contributed by atoms with van der Waals surface area (Å²) in [6, 6.07) is 5.58. The third-order valence-electron chi connectivity index (χ3n) is 3.03. The van der Waals surface area contributed by atoms with Gasteiger partial charge in [-0.2, -0.15) is 5.10 Å². The van der Waals surface area contributed by atoms with Gasteiger partial charge >= 0.3 is 0 Å². The van der Waals surface area contributed by atoms with Gasteiger partial charge in [-0.05, 0) is 36.5 Å². The third kappa shape index (κ3) is 2.96. The van der Waals surface area contributed by atoms with E-state index in [-0.39, 0.29) is 11.7 Å². The van der Waals surface area contributed by atoms with Crippen LogP contribution in [0.1, 0.15) is 29.9 Å². The Hall–Kier alpha value is -1.82. The molecule has 1 heterocycles. The zero-order valence-electron chi connectivity index (χ0n) is 10.2. The average Bonchev–Trinajstić information content (AvgIpc) is 3.16. The number of aromatic hydroxyl groups is 1. The van der Waals surface area contributed by atoms with Gasteiger partial charge in [0.15, 0.2) is 5.17 Å². The maximum Gasteiger partial charge on any atom is 0.236 e. The zero-order valence-corrected chi connectivity index (χ0v) is 11.0. The Balaban J connectivity index is 1.75. The summed E-state index contributed by atoms with van der Waals surface area (Å²) in [5, 5.41) is 20.7. The van der Waals surface area contributed by atoms with Crippen molar-refractivity contribution in [1.29, 1.82) is 0 Å². The fourth-order valence-electron chi connectivity index (χ4n) is 1.87. The first kappa shape index (κ1) is 12.2. The number of nitrogens with one attached hydrogen (secondary N) is 1. The number of thioether (sulfide) groups is 1. The molecule has 3 rings (SSSR count). The van der Waals surface area contributed by atoms with Crippen LogP contribution in [0.3, 0.4) is 0 Å². The van der Waals surface area contributed by atoms with Gasteiger partial charge in [-0.15, -0.1) is 5.10 Å². The smallest absolute Gasteiger partial charge is 0.236 e. The molecule has 1 aromatic rings. The minimum Gasteiger partial charge on any atom is -0.507 e. The maximum absolute atomic E-state index is 11.0. The molecule has 5 nitrogen and oxygen atoms in total. The van der Waals surface area contributed by atoms with Crippen molar-refractivity contribution >= 4 is 29.1 Å². The van der Waals surface area contributed by atoms with E-state index in [1.54, 1.807) is 6.07 Å². The highest BCUT2D eigenvalue weighted by atomic mass is 32.2. The van der Waals surface area contributed by atoms with Gasteiger partial charge in [0.05, 0.1) is 12.0 Å². The van der Waals surface area contributed by atoms with Crippen LogP contribution in [0.2, 0.25) is 0 Å². The molecule has 1 aliphatic carbocycles. The van der Waals surface area contributed by atoms with Crippen LogP contribution in [0.5, 0.6) is 5.75 Å². The summed E-state index contributed by atoms with van der Waals surface area (Å²) in [5.41, 5.74) is 1.89. The lowest BCUT2D eigenvalue weighted by Gasteiger charge is -2.02. The van der Waals surface area contributed by atoms with Gasteiger partial charge in [0.25, 0.3) is 0 Å². The molecule has 1 aliphatic heterocycles. The molecule has 0 bridgehead atoms. The number of amides is 1. The van der Waals surface area contributed by atoms with E-state index in [2.05, 4.69) is 15.5 Å². The number of nitrogens with zero attached hydrogens (tertiary/aromatic N) is 2. The third-order valence-corrected chi connectivity index (χ3v) is 3.90.